The maximum Gasteiger partial charge on any atom is 0.266 e. The maximum absolute atomic E-state index is 12.2. The molecule has 26 heavy (non-hydrogen) atoms. The molecule has 0 radical (unpaired) electrons. The van der Waals surface area contributed by atoms with Gasteiger partial charge in [0.05, 0.1) is 13.2 Å². The Morgan fingerprint density at radius 3 is 3.04 bits per heavy atom. The van der Waals surface area contributed by atoms with Gasteiger partial charge in [-0.05, 0) is 18.1 Å². The van der Waals surface area contributed by atoms with Crippen LogP contribution in [0.2, 0.25) is 0 Å². The van der Waals surface area contributed by atoms with Crippen LogP contribution in [0.1, 0.15) is 12.8 Å². The molecular weight excluding hydrogens is 356 g/mol. The van der Waals surface area contributed by atoms with Crippen molar-refractivity contribution in [3.05, 3.63) is 11.6 Å². The van der Waals surface area contributed by atoms with Crippen LogP contribution in [-0.4, -0.2) is 76.5 Å². The Kier molecular flexibility index (Phi) is 5.25. The summed E-state index contributed by atoms with van der Waals surface area (Å²) >= 11 is 1.63. The topological polar surface area (TPSA) is 101 Å². The van der Waals surface area contributed by atoms with Crippen LogP contribution in [0, 0.1) is 0 Å². The molecular formula is C15H22N8O2S. The number of rotatable bonds is 6. The van der Waals surface area contributed by atoms with Gasteiger partial charge in [0.2, 0.25) is 5.91 Å². The smallest absolute Gasteiger partial charge is 0.266 e. The number of aromatic nitrogens is 5. The second-order valence-electron chi connectivity index (χ2n) is 6.33. The van der Waals surface area contributed by atoms with Gasteiger partial charge in [-0.2, -0.15) is 4.80 Å². The number of nitrogens with zero attached hydrogens (tertiary/aromatic N) is 7. The number of anilines is 2. The molecule has 0 bridgehead atoms. The number of nitrogens with one attached hydrogen (secondary N) is 1. The molecule has 2 saturated heterocycles. The quantitative estimate of drug-likeness (QED) is 0.734. The predicted octanol–water partition coefficient (Wildman–Crippen LogP) is -0.249. The van der Waals surface area contributed by atoms with Crippen molar-refractivity contribution in [2.24, 2.45) is 0 Å². The largest absolute Gasteiger partial charge is 0.378 e. The lowest BCUT2D eigenvalue weighted by Gasteiger charge is -2.24. The van der Waals surface area contributed by atoms with Crippen LogP contribution in [0.4, 0.5) is 11.1 Å². The Bertz CT molecular complexity index is 715. The number of morpholine rings is 1. The van der Waals surface area contributed by atoms with Crippen LogP contribution in [-0.2, 0) is 16.1 Å². The van der Waals surface area contributed by atoms with E-state index in [4.69, 9.17) is 4.74 Å². The highest BCUT2D eigenvalue weighted by Crippen LogP contribution is 2.26. The van der Waals surface area contributed by atoms with E-state index in [9.17, 15) is 4.79 Å². The minimum atomic E-state index is -0.109. The van der Waals surface area contributed by atoms with E-state index in [2.05, 4.69) is 30.6 Å². The van der Waals surface area contributed by atoms with Gasteiger partial charge >= 0.3 is 0 Å². The normalized spacial score (nSPS) is 20.5. The molecule has 1 atom stereocenters. The molecule has 2 aromatic heterocycles. The molecule has 1 amide bonds. The first kappa shape index (κ1) is 17.2. The molecule has 2 aliphatic heterocycles. The number of tetrazole rings is 1. The zero-order valence-electron chi connectivity index (χ0n) is 14.5. The van der Waals surface area contributed by atoms with Crippen molar-refractivity contribution in [2.45, 2.75) is 25.4 Å². The third kappa shape index (κ3) is 3.93. The van der Waals surface area contributed by atoms with E-state index in [0.717, 1.165) is 37.6 Å². The van der Waals surface area contributed by atoms with E-state index in [0.29, 0.717) is 25.7 Å². The maximum atomic E-state index is 12.2. The standard InChI is InChI=1S/C15H22N8O2S/c24-13(11-23-19-14(18-20-23)21-5-7-25-8-6-21)17-10-12-2-1-4-22(12)15-16-3-9-26-15/h3,9,12H,1-2,4-8,10-11H2,(H,17,24). The van der Waals surface area contributed by atoms with Crippen molar-refractivity contribution in [3.8, 4) is 0 Å². The highest BCUT2D eigenvalue weighted by Gasteiger charge is 2.26. The van der Waals surface area contributed by atoms with Gasteiger partial charge < -0.3 is 19.9 Å². The van der Waals surface area contributed by atoms with Gasteiger partial charge in [-0.25, -0.2) is 4.98 Å². The van der Waals surface area contributed by atoms with Gasteiger partial charge in [-0.1, -0.05) is 5.10 Å². The highest BCUT2D eigenvalue weighted by atomic mass is 32.1. The fourth-order valence-electron chi connectivity index (χ4n) is 3.27. The van der Waals surface area contributed by atoms with E-state index in [-0.39, 0.29) is 18.5 Å². The summed E-state index contributed by atoms with van der Waals surface area (Å²) in [7, 11) is 0. The van der Waals surface area contributed by atoms with Gasteiger partial charge in [-0.15, -0.1) is 16.4 Å². The first-order valence-corrected chi connectivity index (χ1v) is 9.71. The van der Waals surface area contributed by atoms with Crippen LogP contribution in [0.5, 0.6) is 0 Å². The summed E-state index contributed by atoms with van der Waals surface area (Å²) in [5, 5.41) is 18.3. The number of carbonyl (C=O) groups is 1. The Balaban J connectivity index is 1.27. The predicted molar refractivity (Wildman–Crippen MR) is 96.3 cm³/mol. The molecule has 0 saturated carbocycles. The zero-order valence-corrected chi connectivity index (χ0v) is 15.3. The van der Waals surface area contributed by atoms with Gasteiger partial charge in [0.1, 0.15) is 6.54 Å². The van der Waals surface area contributed by atoms with Crippen LogP contribution in [0.3, 0.4) is 0 Å². The lowest BCUT2D eigenvalue weighted by molar-refractivity contribution is -0.122. The van der Waals surface area contributed by atoms with Crippen molar-refractivity contribution in [3.63, 3.8) is 0 Å². The SMILES string of the molecule is O=C(Cn1nnc(N2CCOCC2)n1)NCC1CCCN1c1nccs1. The van der Waals surface area contributed by atoms with Gasteiger partial charge in [0.15, 0.2) is 5.13 Å². The van der Waals surface area contributed by atoms with Crippen LogP contribution in [0.25, 0.3) is 0 Å². The van der Waals surface area contributed by atoms with Crippen molar-refractivity contribution < 1.29 is 9.53 Å². The average molecular weight is 378 g/mol. The lowest BCUT2D eigenvalue weighted by atomic mass is 10.2. The number of hydrogen-bond donors (Lipinski definition) is 1. The molecule has 4 rings (SSSR count). The number of amides is 1. The van der Waals surface area contributed by atoms with Crippen LogP contribution in [0.15, 0.2) is 11.6 Å². The number of ether oxygens (including phenoxy) is 1. The molecule has 0 aliphatic carbocycles. The summed E-state index contributed by atoms with van der Waals surface area (Å²) in [6, 6.07) is 0.290. The van der Waals surface area contributed by atoms with Crippen molar-refractivity contribution in [1.29, 1.82) is 0 Å². The molecule has 1 N–H and O–H groups in total. The molecule has 2 aliphatic rings. The van der Waals surface area contributed by atoms with Crippen molar-refractivity contribution in [2.75, 3.05) is 49.2 Å². The molecule has 11 heteroatoms. The van der Waals surface area contributed by atoms with Gasteiger partial charge in [0.25, 0.3) is 5.95 Å². The molecule has 0 spiro atoms. The summed E-state index contributed by atoms with van der Waals surface area (Å²) in [6.07, 6.45) is 3.99. The van der Waals surface area contributed by atoms with Crippen LogP contribution >= 0.6 is 11.3 Å². The molecule has 1 unspecified atom stereocenters. The molecule has 10 nitrogen and oxygen atoms in total. The van der Waals surface area contributed by atoms with E-state index >= 15 is 0 Å². The minimum absolute atomic E-state index is 0.0707. The van der Waals surface area contributed by atoms with E-state index < -0.39 is 0 Å². The summed E-state index contributed by atoms with van der Waals surface area (Å²) in [6.45, 7) is 4.46. The van der Waals surface area contributed by atoms with E-state index in [1.54, 1.807) is 11.3 Å². The average Bonchev–Trinajstić information content (AvgIpc) is 3.41. The molecule has 0 aromatic carbocycles. The Morgan fingerprint density at radius 1 is 1.35 bits per heavy atom. The molecule has 4 heterocycles. The number of hydrogen-bond acceptors (Lipinski definition) is 9. The van der Waals surface area contributed by atoms with Crippen LogP contribution < -0.4 is 15.1 Å². The lowest BCUT2D eigenvalue weighted by Crippen LogP contribution is -2.41. The van der Waals surface area contributed by atoms with Crippen molar-refractivity contribution >= 4 is 28.3 Å². The monoisotopic (exact) mass is 378 g/mol. The first-order chi connectivity index (χ1) is 12.8. The van der Waals surface area contributed by atoms with Gasteiger partial charge in [0, 0.05) is 43.8 Å². The summed E-state index contributed by atoms with van der Waals surface area (Å²) in [4.78, 5) is 22.2. The number of thiazole rings is 1. The van der Waals surface area contributed by atoms with Gasteiger partial charge in [-0.3, -0.25) is 4.79 Å². The zero-order chi connectivity index (χ0) is 17.8. The second-order valence-corrected chi connectivity index (χ2v) is 7.20. The highest BCUT2D eigenvalue weighted by molar-refractivity contribution is 7.13. The Hall–Kier alpha value is -2.27. The summed E-state index contributed by atoms with van der Waals surface area (Å²) in [5.74, 6) is 0.439. The third-order valence-corrected chi connectivity index (χ3v) is 5.41. The second kappa shape index (κ2) is 7.96. The van der Waals surface area contributed by atoms with E-state index in [1.165, 1.54) is 4.80 Å². The first-order valence-electron chi connectivity index (χ1n) is 8.83. The number of carbonyl (C=O) groups excluding carboxylic acids is 1. The molecule has 2 aromatic rings. The summed E-state index contributed by atoms with van der Waals surface area (Å²) < 4.78 is 5.31. The molecule has 2 fully saturated rings. The summed E-state index contributed by atoms with van der Waals surface area (Å²) in [5.41, 5.74) is 0. The molecule has 140 valence electrons. The minimum Gasteiger partial charge on any atom is -0.378 e. The fraction of sp³-hybridized carbons (Fsp3) is 0.667. The Morgan fingerprint density at radius 2 is 2.23 bits per heavy atom. The van der Waals surface area contributed by atoms with Crippen molar-refractivity contribution in [1.82, 2.24) is 30.5 Å². The van der Waals surface area contributed by atoms with E-state index in [1.807, 2.05) is 16.5 Å². The fourth-order valence-corrected chi connectivity index (χ4v) is 4.01. The Labute approximate surface area is 155 Å². The third-order valence-electron chi connectivity index (χ3n) is 4.60.